The van der Waals surface area contributed by atoms with Crippen LogP contribution >= 0.6 is 0 Å². The molecule has 6 nitrogen and oxygen atoms in total. The van der Waals surface area contributed by atoms with Crippen LogP contribution in [0, 0.1) is 11.8 Å². The highest BCUT2D eigenvalue weighted by atomic mass is 16.4. The van der Waals surface area contributed by atoms with Crippen molar-refractivity contribution < 1.29 is 9.90 Å². The second-order valence-corrected chi connectivity index (χ2v) is 5.09. The Morgan fingerprint density at radius 3 is 2.94 bits per heavy atom. The molecule has 17 heavy (non-hydrogen) atoms. The lowest BCUT2D eigenvalue weighted by atomic mass is 9.81. The summed E-state index contributed by atoms with van der Waals surface area (Å²) in [7, 11) is 0. The minimum absolute atomic E-state index is 0.282. The average Bonchev–Trinajstić information content (AvgIpc) is 2.89. The monoisotopic (exact) mass is 238 g/mol. The van der Waals surface area contributed by atoms with Crippen molar-refractivity contribution >= 4 is 5.97 Å². The summed E-state index contributed by atoms with van der Waals surface area (Å²) in [5, 5.41) is 16.1. The molecule has 2 aliphatic carbocycles. The van der Waals surface area contributed by atoms with E-state index in [-0.39, 0.29) is 5.92 Å². The van der Waals surface area contributed by atoms with Gasteiger partial charge in [0.2, 0.25) is 0 Å². The Hall–Kier alpha value is -1.26. The van der Waals surface area contributed by atoms with Gasteiger partial charge in [0.05, 0.1) is 0 Å². The number of nitrogens with one attached hydrogen (secondary N) is 1. The van der Waals surface area contributed by atoms with E-state index in [4.69, 9.17) is 5.53 Å². The summed E-state index contributed by atoms with van der Waals surface area (Å²) in [6, 6.07) is 0. The highest BCUT2D eigenvalue weighted by Gasteiger charge is 2.55. The van der Waals surface area contributed by atoms with Gasteiger partial charge in [0.1, 0.15) is 5.54 Å². The Morgan fingerprint density at radius 1 is 1.59 bits per heavy atom. The second-order valence-electron chi connectivity index (χ2n) is 5.09. The molecule has 2 saturated carbocycles. The van der Waals surface area contributed by atoms with Crippen molar-refractivity contribution in [1.29, 1.82) is 0 Å². The van der Waals surface area contributed by atoms with E-state index < -0.39 is 11.5 Å². The van der Waals surface area contributed by atoms with Crippen molar-refractivity contribution in [2.24, 2.45) is 17.0 Å². The fourth-order valence-electron chi connectivity index (χ4n) is 3.39. The molecule has 0 spiro atoms. The molecule has 3 atom stereocenters. The molecule has 0 aromatic heterocycles. The Kier molecular flexibility index (Phi) is 3.54. The fourth-order valence-corrected chi connectivity index (χ4v) is 3.39. The average molecular weight is 238 g/mol. The molecule has 0 aliphatic heterocycles. The van der Waals surface area contributed by atoms with Gasteiger partial charge >= 0.3 is 5.97 Å². The van der Waals surface area contributed by atoms with E-state index >= 15 is 0 Å². The van der Waals surface area contributed by atoms with E-state index in [2.05, 4.69) is 15.3 Å². The predicted molar refractivity (Wildman–Crippen MR) is 62.4 cm³/mol. The topological polar surface area (TPSA) is 98.1 Å². The lowest BCUT2D eigenvalue weighted by molar-refractivity contribution is -0.147. The maximum absolute atomic E-state index is 11.5. The molecule has 0 heterocycles. The summed E-state index contributed by atoms with van der Waals surface area (Å²) in [5.41, 5.74) is 7.44. The summed E-state index contributed by atoms with van der Waals surface area (Å²) in [4.78, 5) is 14.2. The Morgan fingerprint density at radius 2 is 2.41 bits per heavy atom. The molecular weight excluding hydrogens is 220 g/mol. The van der Waals surface area contributed by atoms with E-state index in [0.29, 0.717) is 25.4 Å². The number of azide groups is 1. The molecule has 2 rings (SSSR count). The number of nitrogens with zero attached hydrogens (tertiary/aromatic N) is 3. The van der Waals surface area contributed by atoms with Gasteiger partial charge in [-0.15, -0.1) is 0 Å². The summed E-state index contributed by atoms with van der Waals surface area (Å²) in [5.74, 6) is 0.152. The van der Waals surface area contributed by atoms with Crippen LogP contribution in [0.1, 0.15) is 32.1 Å². The lowest BCUT2D eigenvalue weighted by Crippen LogP contribution is -2.56. The zero-order valence-corrected chi connectivity index (χ0v) is 9.80. The first-order valence-corrected chi connectivity index (χ1v) is 6.18. The summed E-state index contributed by atoms with van der Waals surface area (Å²) < 4.78 is 0. The molecule has 0 radical (unpaired) electrons. The van der Waals surface area contributed by atoms with E-state index in [1.165, 1.54) is 6.42 Å². The van der Waals surface area contributed by atoms with Crippen molar-refractivity contribution in [2.75, 3.05) is 13.1 Å². The quantitative estimate of drug-likeness (QED) is 0.320. The van der Waals surface area contributed by atoms with Crippen LogP contribution in [0.2, 0.25) is 0 Å². The largest absolute Gasteiger partial charge is 0.480 e. The van der Waals surface area contributed by atoms with Crippen molar-refractivity contribution in [3.05, 3.63) is 10.4 Å². The molecule has 0 aromatic carbocycles. The van der Waals surface area contributed by atoms with Gasteiger partial charge < -0.3 is 10.4 Å². The molecular formula is C11H18N4O2. The molecule has 0 saturated heterocycles. The van der Waals surface area contributed by atoms with Gasteiger partial charge in [-0.1, -0.05) is 11.5 Å². The van der Waals surface area contributed by atoms with Crippen LogP contribution < -0.4 is 5.32 Å². The first-order chi connectivity index (χ1) is 8.19. The number of fused-ring (bicyclic) bond motifs is 2. The van der Waals surface area contributed by atoms with Crippen LogP contribution in [0.5, 0.6) is 0 Å². The van der Waals surface area contributed by atoms with Gasteiger partial charge in [0, 0.05) is 11.5 Å². The first kappa shape index (κ1) is 12.2. The normalized spacial score (nSPS) is 34.6. The molecule has 0 amide bonds. The van der Waals surface area contributed by atoms with Crippen molar-refractivity contribution in [1.82, 2.24) is 5.32 Å². The SMILES string of the molecule is [N-]=[N+]=NCCCNC1(C(=O)O)CC2CCC1C2. The molecule has 2 bridgehead atoms. The highest BCUT2D eigenvalue weighted by molar-refractivity contribution is 5.80. The number of rotatable bonds is 6. The standard InChI is InChI=1S/C11H18N4O2/c12-15-14-5-1-4-13-11(10(16)17)7-8-2-3-9(11)6-8/h8-9,13H,1-7H2,(H,16,17). The van der Waals surface area contributed by atoms with Crippen molar-refractivity contribution in [3.63, 3.8) is 0 Å². The zero-order chi connectivity index (χ0) is 12.3. The number of carboxylic acid groups (broad SMARTS) is 1. The minimum Gasteiger partial charge on any atom is -0.480 e. The number of carbonyl (C=O) groups is 1. The van der Waals surface area contributed by atoms with Crippen LogP contribution in [0.3, 0.4) is 0 Å². The van der Waals surface area contributed by atoms with E-state index in [1.54, 1.807) is 0 Å². The van der Waals surface area contributed by atoms with Crippen LogP contribution in [0.15, 0.2) is 5.11 Å². The van der Waals surface area contributed by atoms with Gasteiger partial charge in [-0.05, 0) is 49.6 Å². The maximum Gasteiger partial charge on any atom is 0.324 e. The Labute approximate surface area is 100 Å². The number of hydrogen-bond acceptors (Lipinski definition) is 3. The third kappa shape index (κ3) is 2.23. The fraction of sp³-hybridized carbons (Fsp3) is 0.909. The van der Waals surface area contributed by atoms with Crippen molar-refractivity contribution in [3.8, 4) is 0 Å². The van der Waals surface area contributed by atoms with Gasteiger partial charge in [-0.25, -0.2) is 0 Å². The number of hydrogen-bond donors (Lipinski definition) is 2. The third-order valence-electron chi connectivity index (χ3n) is 4.17. The van der Waals surface area contributed by atoms with Crippen LogP contribution in [0.4, 0.5) is 0 Å². The lowest BCUT2D eigenvalue weighted by Gasteiger charge is -2.34. The van der Waals surface area contributed by atoms with Crippen LogP contribution in [0.25, 0.3) is 10.4 Å². The van der Waals surface area contributed by atoms with Gasteiger partial charge in [0.15, 0.2) is 0 Å². The van der Waals surface area contributed by atoms with Gasteiger partial charge in [0.25, 0.3) is 0 Å². The van der Waals surface area contributed by atoms with Crippen LogP contribution in [-0.2, 0) is 4.79 Å². The highest BCUT2D eigenvalue weighted by Crippen LogP contribution is 2.50. The molecule has 6 heteroatoms. The minimum atomic E-state index is -0.714. The Bertz CT molecular complexity index is 353. The Balaban J connectivity index is 1.90. The molecule has 2 N–H and O–H groups in total. The van der Waals surface area contributed by atoms with Crippen molar-refractivity contribution in [2.45, 2.75) is 37.6 Å². The smallest absolute Gasteiger partial charge is 0.324 e. The zero-order valence-electron chi connectivity index (χ0n) is 9.80. The maximum atomic E-state index is 11.5. The summed E-state index contributed by atoms with van der Waals surface area (Å²) >= 11 is 0. The van der Waals surface area contributed by atoms with E-state index in [1.807, 2.05) is 0 Å². The first-order valence-electron chi connectivity index (χ1n) is 6.18. The second kappa shape index (κ2) is 4.94. The van der Waals surface area contributed by atoms with Crippen LogP contribution in [-0.4, -0.2) is 29.7 Å². The number of carboxylic acids is 1. The van der Waals surface area contributed by atoms with E-state index in [9.17, 15) is 9.90 Å². The van der Waals surface area contributed by atoms with E-state index in [0.717, 1.165) is 19.3 Å². The number of aliphatic carboxylic acids is 1. The molecule has 3 unspecified atom stereocenters. The summed E-state index contributed by atoms with van der Waals surface area (Å²) in [6.07, 6.45) is 4.71. The predicted octanol–water partition coefficient (Wildman–Crippen LogP) is 1.92. The molecule has 94 valence electrons. The summed E-state index contributed by atoms with van der Waals surface area (Å²) in [6.45, 7) is 1.03. The third-order valence-corrected chi connectivity index (χ3v) is 4.17. The molecule has 2 aliphatic rings. The van der Waals surface area contributed by atoms with Gasteiger partial charge in [-0.2, -0.15) is 0 Å². The molecule has 0 aromatic rings. The molecule has 2 fully saturated rings. The van der Waals surface area contributed by atoms with Gasteiger partial charge in [-0.3, -0.25) is 4.79 Å².